The SMILES string of the molecule is CC(Cc1ccc(O)cc1)Nc1ncnc2c1ncn2C1OC(CO)C(O)C1O. The average Bonchev–Trinajstić information content (AvgIpc) is 3.26. The zero-order valence-electron chi connectivity index (χ0n) is 15.8. The number of hydrogen-bond acceptors (Lipinski definition) is 9. The number of phenols is 1. The number of anilines is 1. The van der Waals surface area contributed by atoms with Crippen LogP contribution >= 0.6 is 0 Å². The van der Waals surface area contributed by atoms with Gasteiger partial charge in [-0.25, -0.2) is 15.0 Å². The Kier molecular flexibility index (Phi) is 5.33. The fourth-order valence-corrected chi connectivity index (χ4v) is 3.52. The van der Waals surface area contributed by atoms with Crippen LogP contribution in [0.15, 0.2) is 36.9 Å². The molecule has 0 spiro atoms. The van der Waals surface area contributed by atoms with E-state index in [4.69, 9.17) is 4.74 Å². The fourth-order valence-electron chi connectivity index (χ4n) is 3.52. The summed E-state index contributed by atoms with van der Waals surface area (Å²) in [5.41, 5.74) is 2.00. The van der Waals surface area contributed by atoms with Crippen molar-refractivity contribution in [2.24, 2.45) is 0 Å². The molecule has 2 aromatic heterocycles. The van der Waals surface area contributed by atoms with Crippen LogP contribution in [0.1, 0.15) is 18.7 Å². The van der Waals surface area contributed by atoms with Crippen molar-refractivity contribution in [1.82, 2.24) is 19.5 Å². The molecule has 5 N–H and O–H groups in total. The van der Waals surface area contributed by atoms with Gasteiger partial charge in [-0.1, -0.05) is 12.1 Å². The number of fused-ring (bicyclic) bond motifs is 1. The van der Waals surface area contributed by atoms with Gasteiger partial charge in [-0.15, -0.1) is 0 Å². The molecule has 3 aromatic rings. The van der Waals surface area contributed by atoms with Gasteiger partial charge in [0.05, 0.1) is 12.9 Å². The van der Waals surface area contributed by atoms with E-state index in [1.807, 2.05) is 19.1 Å². The molecule has 5 atom stereocenters. The minimum absolute atomic E-state index is 0.0247. The zero-order valence-corrected chi connectivity index (χ0v) is 15.8. The number of ether oxygens (including phenoxy) is 1. The summed E-state index contributed by atoms with van der Waals surface area (Å²) >= 11 is 0. The van der Waals surface area contributed by atoms with E-state index in [0.29, 0.717) is 23.4 Å². The largest absolute Gasteiger partial charge is 0.508 e. The summed E-state index contributed by atoms with van der Waals surface area (Å²) in [4.78, 5) is 12.9. The number of hydrogen-bond donors (Lipinski definition) is 5. The number of benzene rings is 1. The van der Waals surface area contributed by atoms with Gasteiger partial charge in [0, 0.05) is 6.04 Å². The van der Waals surface area contributed by atoms with Gasteiger partial charge in [0.2, 0.25) is 0 Å². The van der Waals surface area contributed by atoms with E-state index < -0.39 is 31.1 Å². The first-order valence-corrected chi connectivity index (χ1v) is 9.32. The first-order valence-electron chi connectivity index (χ1n) is 9.32. The number of nitrogens with one attached hydrogen (secondary N) is 1. The van der Waals surface area contributed by atoms with E-state index in [1.54, 1.807) is 12.1 Å². The van der Waals surface area contributed by atoms with Crippen LogP contribution in [0.25, 0.3) is 11.2 Å². The highest BCUT2D eigenvalue weighted by Gasteiger charge is 2.44. The molecule has 5 unspecified atom stereocenters. The molecular weight excluding hydrogens is 378 g/mol. The highest BCUT2D eigenvalue weighted by Crippen LogP contribution is 2.32. The summed E-state index contributed by atoms with van der Waals surface area (Å²) in [5, 5.41) is 42.3. The van der Waals surface area contributed by atoms with Gasteiger partial charge >= 0.3 is 0 Å². The maximum absolute atomic E-state index is 10.3. The van der Waals surface area contributed by atoms with Crippen LogP contribution in [0.5, 0.6) is 5.75 Å². The molecule has 10 heteroatoms. The lowest BCUT2D eigenvalue weighted by Gasteiger charge is -2.17. The summed E-state index contributed by atoms with van der Waals surface area (Å²) in [6.45, 7) is 1.60. The van der Waals surface area contributed by atoms with Gasteiger partial charge in [0.15, 0.2) is 23.2 Å². The number of imidazole rings is 1. The standard InChI is InChI=1S/C19H23N5O5/c1-10(6-11-2-4-12(26)5-3-11)23-17-14-18(21-8-20-17)24(9-22-14)19-16(28)15(27)13(7-25)29-19/h2-5,8-10,13,15-16,19,25-28H,6-7H2,1H3,(H,20,21,23). The summed E-state index contributed by atoms with van der Waals surface area (Å²) in [7, 11) is 0. The molecule has 1 fully saturated rings. The van der Waals surface area contributed by atoms with E-state index in [-0.39, 0.29) is 11.8 Å². The van der Waals surface area contributed by atoms with Crippen LogP contribution < -0.4 is 5.32 Å². The molecule has 0 aliphatic carbocycles. The molecule has 0 saturated carbocycles. The molecule has 4 rings (SSSR count). The van der Waals surface area contributed by atoms with Crippen LogP contribution in [-0.2, 0) is 11.2 Å². The molecule has 154 valence electrons. The minimum Gasteiger partial charge on any atom is -0.508 e. The maximum atomic E-state index is 10.3. The van der Waals surface area contributed by atoms with Gasteiger partial charge in [-0.3, -0.25) is 4.57 Å². The molecule has 0 radical (unpaired) electrons. The Labute approximate surface area is 166 Å². The number of rotatable bonds is 6. The number of nitrogens with zero attached hydrogens (tertiary/aromatic N) is 4. The van der Waals surface area contributed by atoms with Crippen LogP contribution in [0.2, 0.25) is 0 Å². The topological polar surface area (TPSA) is 146 Å². The predicted molar refractivity (Wildman–Crippen MR) is 103 cm³/mol. The third-order valence-corrected chi connectivity index (χ3v) is 5.01. The van der Waals surface area contributed by atoms with Crippen molar-refractivity contribution in [2.75, 3.05) is 11.9 Å². The van der Waals surface area contributed by atoms with Crippen molar-refractivity contribution in [3.05, 3.63) is 42.5 Å². The van der Waals surface area contributed by atoms with Gasteiger partial charge in [-0.2, -0.15) is 0 Å². The molecule has 1 aliphatic heterocycles. The Hall–Kier alpha value is -2.79. The van der Waals surface area contributed by atoms with Gasteiger partial charge < -0.3 is 30.5 Å². The van der Waals surface area contributed by atoms with Crippen molar-refractivity contribution in [2.45, 2.75) is 43.9 Å². The molecule has 1 aromatic carbocycles. The van der Waals surface area contributed by atoms with Crippen LogP contribution in [0.3, 0.4) is 0 Å². The van der Waals surface area contributed by atoms with Crippen molar-refractivity contribution >= 4 is 17.0 Å². The van der Waals surface area contributed by atoms with Gasteiger partial charge in [0.1, 0.15) is 30.4 Å². The lowest BCUT2D eigenvalue weighted by molar-refractivity contribution is -0.0511. The van der Waals surface area contributed by atoms with E-state index in [2.05, 4.69) is 20.3 Å². The van der Waals surface area contributed by atoms with E-state index >= 15 is 0 Å². The van der Waals surface area contributed by atoms with Crippen LogP contribution in [-0.4, -0.2) is 70.9 Å². The van der Waals surface area contributed by atoms with E-state index in [0.717, 1.165) is 5.56 Å². The number of aliphatic hydroxyl groups excluding tert-OH is 3. The lowest BCUT2D eigenvalue weighted by atomic mass is 10.1. The normalized spacial score (nSPS) is 25.4. The Balaban J connectivity index is 1.55. The first kappa shape index (κ1) is 19.5. The number of phenolic OH excluding ortho intramolecular Hbond substituents is 1. The average molecular weight is 401 g/mol. The summed E-state index contributed by atoms with van der Waals surface area (Å²) < 4.78 is 7.09. The first-order chi connectivity index (χ1) is 14.0. The number of aromatic hydroxyl groups is 1. The quantitative estimate of drug-likeness (QED) is 0.390. The van der Waals surface area contributed by atoms with Gasteiger partial charge in [-0.05, 0) is 31.0 Å². The smallest absolute Gasteiger partial charge is 0.167 e. The van der Waals surface area contributed by atoms with E-state index in [9.17, 15) is 20.4 Å². The molecule has 0 amide bonds. The maximum Gasteiger partial charge on any atom is 0.167 e. The fraction of sp³-hybridized carbons (Fsp3) is 0.421. The number of aromatic nitrogens is 4. The Morgan fingerprint density at radius 1 is 1.14 bits per heavy atom. The molecule has 0 bridgehead atoms. The molecule has 10 nitrogen and oxygen atoms in total. The third kappa shape index (κ3) is 3.75. The van der Waals surface area contributed by atoms with E-state index in [1.165, 1.54) is 17.2 Å². The van der Waals surface area contributed by atoms with Crippen molar-refractivity contribution in [3.8, 4) is 5.75 Å². The van der Waals surface area contributed by atoms with Crippen molar-refractivity contribution in [1.29, 1.82) is 0 Å². The number of aliphatic hydroxyl groups is 3. The summed E-state index contributed by atoms with van der Waals surface area (Å²) in [5.74, 6) is 0.758. The summed E-state index contributed by atoms with van der Waals surface area (Å²) in [6, 6.07) is 7.04. The van der Waals surface area contributed by atoms with Crippen LogP contribution in [0, 0.1) is 0 Å². The highest BCUT2D eigenvalue weighted by atomic mass is 16.6. The Bertz CT molecular complexity index is 979. The highest BCUT2D eigenvalue weighted by molar-refractivity contribution is 5.82. The molecule has 1 saturated heterocycles. The predicted octanol–water partition coefficient (Wildman–Crippen LogP) is 0.186. The van der Waals surface area contributed by atoms with Gasteiger partial charge in [0.25, 0.3) is 0 Å². The molecular formula is C19H23N5O5. The Morgan fingerprint density at radius 2 is 1.90 bits per heavy atom. The molecule has 29 heavy (non-hydrogen) atoms. The minimum atomic E-state index is -1.22. The monoisotopic (exact) mass is 401 g/mol. The molecule has 3 heterocycles. The second kappa shape index (κ2) is 7.91. The second-order valence-corrected chi connectivity index (χ2v) is 7.19. The van der Waals surface area contributed by atoms with Crippen molar-refractivity contribution < 1.29 is 25.2 Å². The molecule has 1 aliphatic rings. The van der Waals surface area contributed by atoms with Crippen LogP contribution in [0.4, 0.5) is 5.82 Å². The summed E-state index contributed by atoms with van der Waals surface area (Å²) in [6.07, 6.45) is -0.646. The zero-order chi connectivity index (χ0) is 20.5. The third-order valence-electron chi connectivity index (χ3n) is 5.01. The Morgan fingerprint density at radius 3 is 2.59 bits per heavy atom. The second-order valence-electron chi connectivity index (χ2n) is 7.19. The lowest BCUT2D eigenvalue weighted by Crippen LogP contribution is -2.33. The van der Waals surface area contributed by atoms with Crippen molar-refractivity contribution in [3.63, 3.8) is 0 Å².